The summed E-state index contributed by atoms with van der Waals surface area (Å²) in [5, 5.41) is 28.7. The molecule has 21 heavy (non-hydrogen) atoms. The number of halogens is 1. The van der Waals surface area contributed by atoms with Crippen molar-refractivity contribution in [2.45, 2.75) is 0 Å². The van der Waals surface area contributed by atoms with Gasteiger partial charge >= 0.3 is 5.97 Å². The van der Waals surface area contributed by atoms with Crippen LogP contribution in [0.4, 0.5) is 10.1 Å². The van der Waals surface area contributed by atoms with Gasteiger partial charge in [0.1, 0.15) is 11.9 Å². The van der Waals surface area contributed by atoms with Crippen LogP contribution in [0.25, 0.3) is 11.1 Å². The number of rotatable bonds is 3. The van der Waals surface area contributed by atoms with Crippen LogP contribution in [0.1, 0.15) is 15.9 Å². The molecule has 1 N–H and O–H groups in total. The van der Waals surface area contributed by atoms with Gasteiger partial charge < -0.3 is 5.11 Å². The van der Waals surface area contributed by atoms with Gasteiger partial charge in [-0.3, -0.25) is 10.1 Å². The number of hydrogen-bond donors (Lipinski definition) is 1. The average Bonchev–Trinajstić information content (AvgIpc) is 2.46. The lowest BCUT2D eigenvalue weighted by Crippen LogP contribution is -2.02. The van der Waals surface area contributed by atoms with Crippen LogP contribution in [-0.2, 0) is 0 Å². The highest BCUT2D eigenvalue weighted by Crippen LogP contribution is 2.31. The number of carbonyl (C=O) groups is 1. The molecule has 0 aromatic heterocycles. The number of hydrogen-bond acceptors (Lipinski definition) is 4. The fourth-order valence-corrected chi connectivity index (χ4v) is 1.88. The van der Waals surface area contributed by atoms with E-state index in [2.05, 4.69) is 0 Å². The molecule has 0 heterocycles. The van der Waals surface area contributed by atoms with E-state index in [0.717, 1.165) is 18.2 Å². The Balaban J connectivity index is 2.78. The molecule has 7 heteroatoms. The van der Waals surface area contributed by atoms with Crippen molar-refractivity contribution in [3.05, 3.63) is 63.5 Å². The van der Waals surface area contributed by atoms with Gasteiger partial charge in [0.2, 0.25) is 0 Å². The second-order valence-corrected chi connectivity index (χ2v) is 4.07. The Morgan fingerprint density at radius 3 is 2.57 bits per heavy atom. The van der Waals surface area contributed by atoms with Gasteiger partial charge in [0.05, 0.1) is 16.1 Å². The third-order valence-electron chi connectivity index (χ3n) is 2.85. The zero-order valence-corrected chi connectivity index (χ0v) is 10.4. The first-order valence-corrected chi connectivity index (χ1v) is 5.66. The number of nitriles is 1. The minimum Gasteiger partial charge on any atom is -0.478 e. The van der Waals surface area contributed by atoms with Gasteiger partial charge in [0, 0.05) is 23.3 Å². The number of carboxylic acids is 1. The molecular weight excluding hydrogens is 279 g/mol. The van der Waals surface area contributed by atoms with Crippen LogP contribution in [0, 0.1) is 27.3 Å². The Labute approximate surface area is 117 Å². The lowest BCUT2D eigenvalue weighted by atomic mass is 9.97. The molecule has 2 aromatic rings. The topological polar surface area (TPSA) is 104 Å². The minimum absolute atomic E-state index is 0.147. The Morgan fingerprint density at radius 1 is 1.29 bits per heavy atom. The molecule has 0 aliphatic rings. The molecule has 0 atom stereocenters. The Bertz CT molecular complexity index is 796. The number of non-ortho nitro benzene ring substituents is 1. The van der Waals surface area contributed by atoms with Crippen molar-refractivity contribution in [3.63, 3.8) is 0 Å². The van der Waals surface area contributed by atoms with E-state index in [-0.39, 0.29) is 27.9 Å². The van der Waals surface area contributed by atoms with E-state index in [1.165, 1.54) is 18.2 Å². The molecule has 0 amide bonds. The number of nitro groups is 1. The summed E-state index contributed by atoms with van der Waals surface area (Å²) in [7, 11) is 0. The predicted octanol–water partition coefficient (Wildman–Crippen LogP) is 2.97. The maximum Gasteiger partial charge on any atom is 0.336 e. The second kappa shape index (κ2) is 5.38. The minimum atomic E-state index is -1.35. The van der Waals surface area contributed by atoms with E-state index in [1.54, 1.807) is 6.07 Å². The smallest absolute Gasteiger partial charge is 0.336 e. The fraction of sp³-hybridized carbons (Fsp3) is 0. The van der Waals surface area contributed by atoms with Crippen LogP contribution >= 0.6 is 0 Å². The van der Waals surface area contributed by atoms with E-state index in [9.17, 15) is 19.3 Å². The first kappa shape index (κ1) is 14.1. The van der Waals surface area contributed by atoms with Gasteiger partial charge in [0.25, 0.3) is 5.69 Å². The van der Waals surface area contributed by atoms with Gasteiger partial charge in [0.15, 0.2) is 0 Å². The van der Waals surface area contributed by atoms with Crippen molar-refractivity contribution >= 4 is 11.7 Å². The van der Waals surface area contributed by atoms with E-state index in [0.29, 0.717) is 0 Å². The summed E-state index contributed by atoms with van der Waals surface area (Å²) in [4.78, 5) is 21.3. The summed E-state index contributed by atoms with van der Waals surface area (Å²) in [5.74, 6) is -2.26. The lowest BCUT2D eigenvalue weighted by molar-refractivity contribution is -0.384. The van der Waals surface area contributed by atoms with Crippen LogP contribution in [0.3, 0.4) is 0 Å². The summed E-state index contributed by atoms with van der Waals surface area (Å²) < 4.78 is 14.1. The second-order valence-electron chi connectivity index (χ2n) is 4.07. The monoisotopic (exact) mass is 286 g/mol. The summed E-state index contributed by atoms with van der Waals surface area (Å²) in [5.41, 5.74) is -1.23. The van der Waals surface area contributed by atoms with Crippen molar-refractivity contribution in [2.24, 2.45) is 0 Å². The van der Waals surface area contributed by atoms with Crippen LogP contribution in [-0.4, -0.2) is 16.0 Å². The zero-order valence-electron chi connectivity index (χ0n) is 10.4. The molecule has 6 nitrogen and oxygen atoms in total. The highest BCUT2D eigenvalue weighted by Gasteiger charge is 2.20. The first-order chi connectivity index (χ1) is 9.95. The number of carboxylic acid groups (broad SMARTS) is 1. The third kappa shape index (κ3) is 2.55. The lowest BCUT2D eigenvalue weighted by Gasteiger charge is -2.08. The summed E-state index contributed by atoms with van der Waals surface area (Å²) >= 11 is 0. The summed E-state index contributed by atoms with van der Waals surface area (Å²) in [6.45, 7) is 0. The molecule has 0 aliphatic carbocycles. The molecule has 0 saturated carbocycles. The molecule has 0 fully saturated rings. The normalized spacial score (nSPS) is 9.90. The molecule has 104 valence electrons. The van der Waals surface area contributed by atoms with Gasteiger partial charge in [-0.2, -0.15) is 5.26 Å². The summed E-state index contributed by atoms with van der Waals surface area (Å²) in [6, 6.07) is 8.55. The number of nitro benzene ring substituents is 1. The van der Waals surface area contributed by atoms with E-state index >= 15 is 0 Å². The Morgan fingerprint density at radius 2 is 2.00 bits per heavy atom. The standard InChI is InChI=1S/C14H7FN2O4/c15-13-8(7-16)2-1-3-10(13)12-6-9(17(20)21)4-5-11(12)14(18)19/h1-6H,(H,18,19). The van der Waals surface area contributed by atoms with Crippen LogP contribution in [0.2, 0.25) is 0 Å². The van der Waals surface area contributed by atoms with E-state index < -0.39 is 16.7 Å². The van der Waals surface area contributed by atoms with Crippen molar-refractivity contribution < 1.29 is 19.2 Å². The Hall–Kier alpha value is -3.27. The van der Waals surface area contributed by atoms with E-state index in [1.807, 2.05) is 0 Å². The maximum absolute atomic E-state index is 14.1. The SMILES string of the molecule is N#Cc1cccc(-c2cc([N+](=O)[O-])ccc2C(=O)O)c1F. The van der Waals surface area contributed by atoms with Crippen LogP contribution in [0.15, 0.2) is 36.4 Å². The quantitative estimate of drug-likeness (QED) is 0.689. The zero-order chi connectivity index (χ0) is 15.6. The van der Waals surface area contributed by atoms with Crippen molar-refractivity contribution in [3.8, 4) is 17.2 Å². The maximum atomic E-state index is 14.1. The molecule has 0 unspecified atom stereocenters. The fourth-order valence-electron chi connectivity index (χ4n) is 1.88. The van der Waals surface area contributed by atoms with Gasteiger partial charge in [-0.1, -0.05) is 12.1 Å². The largest absolute Gasteiger partial charge is 0.478 e. The highest BCUT2D eigenvalue weighted by molar-refractivity contribution is 5.96. The molecule has 0 saturated heterocycles. The number of nitrogens with zero attached hydrogens (tertiary/aromatic N) is 2. The Kier molecular flexibility index (Phi) is 3.63. The number of benzene rings is 2. The van der Waals surface area contributed by atoms with E-state index in [4.69, 9.17) is 10.4 Å². The molecule has 0 bridgehead atoms. The third-order valence-corrected chi connectivity index (χ3v) is 2.85. The molecular formula is C14H7FN2O4. The van der Waals surface area contributed by atoms with Crippen LogP contribution < -0.4 is 0 Å². The highest BCUT2D eigenvalue weighted by atomic mass is 19.1. The molecule has 2 rings (SSSR count). The molecule has 0 aliphatic heterocycles. The predicted molar refractivity (Wildman–Crippen MR) is 70.2 cm³/mol. The van der Waals surface area contributed by atoms with Crippen molar-refractivity contribution in [2.75, 3.05) is 0 Å². The van der Waals surface area contributed by atoms with Crippen molar-refractivity contribution in [1.82, 2.24) is 0 Å². The number of aromatic carboxylic acids is 1. The average molecular weight is 286 g/mol. The van der Waals surface area contributed by atoms with Crippen molar-refractivity contribution in [1.29, 1.82) is 5.26 Å². The van der Waals surface area contributed by atoms with Gasteiger partial charge in [-0.25, -0.2) is 9.18 Å². The molecule has 0 spiro atoms. The first-order valence-electron chi connectivity index (χ1n) is 5.66. The van der Waals surface area contributed by atoms with Gasteiger partial charge in [-0.15, -0.1) is 0 Å². The van der Waals surface area contributed by atoms with Gasteiger partial charge in [-0.05, 0) is 12.1 Å². The summed E-state index contributed by atoms with van der Waals surface area (Å²) in [6.07, 6.45) is 0. The van der Waals surface area contributed by atoms with Crippen LogP contribution in [0.5, 0.6) is 0 Å². The molecule has 0 radical (unpaired) electrons. The molecule has 2 aromatic carbocycles.